The number of likely N-dealkylation sites (N-methyl/N-ethyl adjacent to an activating group) is 1. The monoisotopic (exact) mass is 486 g/mol. The first-order valence-corrected chi connectivity index (χ1v) is 7.90. The second-order valence-electron chi connectivity index (χ2n) is 4.85. The minimum absolute atomic E-state index is 0. The fraction of sp³-hybridized carbons (Fsp3) is 0.500. The van der Waals surface area contributed by atoms with E-state index in [2.05, 4.69) is 25.7 Å². The molecule has 0 radical (unpaired) electrons. The maximum atomic E-state index is 12.5. The first-order valence-electron chi connectivity index (χ1n) is 7.90. The van der Waals surface area contributed by atoms with Crippen LogP contribution >= 0.6 is 24.0 Å². The van der Waals surface area contributed by atoms with Crippen LogP contribution in [0.1, 0.15) is 19.4 Å². The van der Waals surface area contributed by atoms with E-state index in [4.69, 9.17) is 4.74 Å². The second-order valence-corrected chi connectivity index (χ2v) is 4.85. The summed E-state index contributed by atoms with van der Waals surface area (Å²) in [6.07, 6.45) is 0. The fourth-order valence-corrected chi connectivity index (χ4v) is 1.95. The molecule has 0 saturated heterocycles. The zero-order valence-electron chi connectivity index (χ0n) is 15.0. The largest absolute Gasteiger partial charge is 0.497 e. The molecule has 0 bridgehead atoms. The van der Waals surface area contributed by atoms with Crippen molar-refractivity contribution in [2.75, 3.05) is 26.7 Å². The average Bonchev–Trinajstić information content (AvgIpc) is 2.58. The van der Waals surface area contributed by atoms with Crippen molar-refractivity contribution in [3.63, 3.8) is 0 Å². The van der Waals surface area contributed by atoms with Gasteiger partial charge < -0.3 is 25.4 Å². The normalized spacial score (nSPS) is 10.8. The molecule has 0 saturated carbocycles. The van der Waals surface area contributed by atoms with Gasteiger partial charge in [-0.3, -0.25) is 4.79 Å². The van der Waals surface area contributed by atoms with Crippen molar-refractivity contribution in [1.82, 2.24) is 16.0 Å². The molecule has 148 valence electrons. The van der Waals surface area contributed by atoms with Crippen LogP contribution in [-0.4, -0.2) is 45.2 Å². The molecule has 26 heavy (non-hydrogen) atoms. The topological polar surface area (TPSA) is 84.0 Å². The highest BCUT2D eigenvalue weighted by Gasteiger charge is 2.11. The Balaban J connectivity index is 0.00000625. The Morgan fingerprint density at radius 3 is 2.46 bits per heavy atom. The van der Waals surface area contributed by atoms with Crippen LogP contribution in [0.2, 0.25) is 0 Å². The van der Waals surface area contributed by atoms with E-state index in [0.29, 0.717) is 30.4 Å². The maximum Gasteiger partial charge on any atom is 0.387 e. The van der Waals surface area contributed by atoms with Gasteiger partial charge in [-0.15, -0.1) is 24.0 Å². The number of methoxy groups -OCH3 is 1. The van der Waals surface area contributed by atoms with Crippen LogP contribution in [0.15, 0.2) is 23.2 Å². The fourth-order valence-electron chi connectivity index (χ4n) is 1.95. The Bertz CT molecular complexity index is 589. The van der Waals surface area contributed by atoms with Gasteiger partial charge in [0.2, 0.25) is 5.91 Å². The van der Waals surface area contributed by atoms with Crippen LogP contribution in [0.25, 0.3) is 0 Å². The van der Waals surface area contributed by atoms with Gasteiger partial charge in [0.05, 0.1) is 20.2 Å². The molecule has 1 aromatic rings. The number of hydrogen-bond donors (Lipinski definition) is 3. The smallest absolute Gasteiger partial charge is 0.387 e. The van der Waals surface area contributed by atoms with Gasteiger partial charge in [0.15, 0.2) is 5.96 Å². The Labute approximate surface area is 168 Å². The molecule has 0 atom stereocenters. The van der Waals surface area contributed by atoms with E-state index in [-0.39, 0.29) is 48.7 Å². The Morgan fingerprint density at radius 2 is 1.88 bits per heavy atom. The van der Waals surface area contributed by atoms with Gasteiger partial charge in [-0.1, -0.05) is 0 Å². The molecule has 1 amide bonds. The predicted octanol–water partition coefficient (Wildman–Crippen LogP) is 2.11. The summed E-state index contributed by atoms with van der Waals surface area (Å²) in [6.45, 7) is 2.01. The zero-order chi connectivity index (χ0) is 18.7. The Hall–Kier alpha value is -1.85. The van der Waals surface area contributed by atoms with Crippen molar-refractivity contribution >= 4 is 35.8 Å². The predicted molar refractivity (Wildman–Crippen MR) is 107 cm³/mol. The van der Waals surface area contributed by atoms with Crippen LogP contribution in [-0.2, 0) is 11.3 Å². The van der Waals surface area contributed by atoms with Crippen LogP contribution in [0.5, 0.6) is 11.5 Å². The number of guanidine groups is 1. The first-order chi connectivity index (χ1) is 12.0. The van der Waals surface area contributed by atoms with Crippen LogP contribution < -0.4 is 25.4 Å². The summed E-state index contributed by atoms with van der Waals surface area (Å²) in [6, 6.07) is 4.52. The number of alkyl halides is 2. The zero-order valence-corrected chi connectivity index (χ0v) is 17.3. The van der Waals surface area contributed by atoms with Crippen LogP contribution in [0.4, 0.5) is 8.78 Å². The number of ether oxygens (including phenoxy) is 2. The number of amides is 1. The SMILES string of the molecule is CCNC(=O)CNC(=NCc1cc(OC)ccc1OC(F)F)NCC.I. The Kier molecular flexibility index (Phi) is 12.4. The number of carbonyl (C=O) groups is 1. The summed E-state index contributed by atoms with van der Waals surface area (Å²) in [4.78, 5) is 15.8. The van der Waals surface area contributed by atoms with E-state index in [1.807, 2.05) is 13.8 Å². The molecule has 0 heterocycles. The maximum absolute atomic E-state index is 12.5. The number of benzene rings is 1. The van der Waals surface area contributed by atoms with Crippen molar-refractivity contribution in [3.05, 3.63) is 23.8 Å². The lowest BCUT2D eigenvalue weighted by Crippen LogP contribution is -2.43. The van der Waals surface area contributed by atoms with Crippen molar-refractivity contribution < 1.29 is 23.0 Å². The third-order valence-corrected chi connectivity index (χ3v) is 3.03. The summed E-state index contributed by atoms with van der Waals surface area (Å²) < 4.78 is 34.7. The summed E-state index contributed by atoms with van der Waals surface area (Å²) >= 11 is 0. The van der Waals surface area contributed by atoms with E-state index in [9.17, 15) is 13.6 Å². The van der Waals surface area contributed by atoms with Crippen molar-refractivity contribution in [3.8, 4) is 11.5 Å². The number of hydrogen-bond acceptors (Lipinski definition) is 4. The molecule has 0 aromatic heterocycles. The number of halogens is 3. The lowest BCUT2D eigenvalue weighted by Gasteiger charge is -2.13. The number of aliphatic imine (C=N–C) groups is 1. The minimum Gasteiger partial charge on any atom is -0.497 e. The van der Waals surface area contributed by atoms with Crippen LogP contribution in [0.3, 0.4) is 0 Å². The van der Waals surface area contributed by atoms with Crippen molar-refractivity contribution in [2.45, 2.75) is 27.0 Å². The molecule has 0 aliphatic heterocycles. The summed E-state index contributed by atoms with van der Waals surface area (Å²) in [5, 5.41) is 8.51. The highest BCUT2D eigenvalue weighted by Crippen LogP contribution is 2.26. The molecule has 0 unspecified atom stereocenters. The first kappa shape index (κ1) is 24.1. The van der Waals surface area contributed by atoms with Gasteiger partial charge in [0.25, 0.3) is 0 Å². The number of nitrogens with one attached hydrogen (secondary N) is 3. The van der Waals surface area contributed by atoms with Gasteiger partial charge >= 0.3 is 6.61 Å². The van der Waals surface area contributed by atoms with E-state index in [1.54, 1.807) is 6.07 Å². The highest BCUT2D eigenvalue weighted by atomic mass is 127. The van der Waals surface area contributed by atoms with E-state index >= 15 is 0 Å². The van der Waals surface area contributed by atoms with Gasteiger partial charge in [0, 0.05) is 18.7 Å². The average molecular weight is 486 g/mol. The Morgan fingerprint density at radius 1 is 1.19 bits per heavy atom. The molecule has 1 aromatic carbocycles. The number of carbonyl (C=O) groups excluding carboxylic acids is 1. The summed E-state index contributed by atoms with van der Waals surface area (Å²) in [5.74, 6) is 0.752. The van der Waals surface area contributed by atoms with Crippen LogP contribution in [0, 0.1) is 0 Å². The summed E-state index contributed by atoms with van der Waals surface area (Å²) in [7, 11) is 1.48. The minimum atomic E-state index is -2.93. The molecule has 0 fully saturated rings. The quantitative estimate of drug-likeness (QED) is 0.283. The number of rotatable bonds is 9. The van der Waals surface area contributed by atoms with E-state index in [0.717, 1.165) is 0 Å². The molecule has 1 rings (SSSR count). The molecule has 7 nitrogen and oxygen atoms in total. The van der Waals surface area contributed by atoms with Gasteiger partial charge in [0.1, 0.15) is 11.5 Å². The molecular weight excluding hydrogens is 461 g/mol. The third kappa shape index (κ3) is 9.02. The van der Waals surface area contributed by atoms with Gasteiger partial charge in [-0.25, -0.2) is 4.99 Å². The van der Waals surface area contributed by atoms with Crippen molar-refractivity contribution in [2.24, 2.45) is 4.99 Å². The lowest BCUT2D eigenvalue weighted by molar-refractivity contribution is -0.119. The molecule has 0 spiro atoms. The molecule has 0 aliphatic rings. The third-order valence-electron chi connectivity index (χ3n) is 3.03. The lowest BCUT2D eigenvalue weighted by atomic mass is 10.2. The second kappa shape index (κ2) is 13.4. The van der Waals surface area contributed by atoms with Gasteiger partial charge in [-0.05, 0) is 32.0 Å². The highest BCUT2D eigenvalue weighted by molar-refractivity contribution is 14.0. The van der Waals surface area contributed by atoms with E-state index in [1.165, 1.54) is 19.2 Å². The summed E-state index contributed by atoms with van der Waals surface area (Å²) in [5.41, 5.74) is 0.440. The van der Waals surface area contributed by atoms with Crippen molar-refractivity contribution in [1.29, 1.82) is 0 Å². The molecule has 10 heteroatoms. The van der Waals surface area contributed by atoms with E-state index < -0.39 is 6.61 Å². The molecule has 3 N–H and O–H groups in total. The number of nitrogens with zero attached hydrogens (tertiary/aromatic N) is 1. The standard InChI is InChI=1S/C16H24F2N4O3.HI/c1-4-19-14(23)10-22-16(20-5-2)21-9-11-8-12(24-3)6-7-13(11)25-15(17)18;/h6-8,15H,4-5,9-10H2,1-3H3,(H,19,23)(H2,20,21,22);1H. The molecule has 0 aliphatic carbocycles. The van der Waals surface area contributed by atoms with Gasteiger partial charge in [-0.2, -0.15) is 8.78 Å². The molecular formula is C16H25F2IN4O3.